The van der Waals surface area contributed by atoms with Crippen molar-refractivity contribution >= 4 is 18.5 Å². The zero-order valence-corrected chi connectivity index (χ0v) is 10.6. The number of benzene rings is 1. The molecule has 1 aromatic carbocycles. The Bertz CT molecular complexity index is 484. The van der Waals surface area contributed by atoms with Gasteiger partial charge in [0.1, 0.15) is 17.6 Å². The number of ether oxygens (including phenoxy) is 2. The fourth-order valence-electron chi connectivity index (χ4n) is 1.69. The molecule has 1 fully saturated rings. The van der Waals surface area contributed by atoms with E-state index in [1.165, 1.54) is 13.2 Å². The van der Waals surface area contributed by atoms with Crippen LogP contribution in [-0.4, -0.2) is 25.7 Å². The van der Waals surface area contributed by atoms with Gasteiger partial charge in [0.15, 0.2) is 6.61 Å². The van der Waals surface area contributed by atoms with E-state index in [9.17, 15) is 18.0 Å². The highest BCUT2D eigenvalue weighted by atomic mass is 35.5. The van der Waals surface area contributed by atoms with E-state index in [1.807, 2.05) is 5.32 Å². The lowest BCUT2D eigenvalue weighted by Crippen LogP contribution is -2.49. The number of rotatable bonds is 2. The molecule has 0 spiro atoms. The molecule has 8 heteroatoms. The molecule has 1 saturated heterocycles. The van der Waals surface area contributed by atoms with Crippen molar-refractivity contribution < 1.29 is 27.4 Å². The maximum atomic E-state index is 13.6. The number of carbonyl (C=O) groups excluding carboxylic acids is 1. The fourth-order valence-corrected chi connectivity index (χ4v) is 1.69. The summed E-state index contributed by atoms with van der Waals surface area (Å²) in [5.41, 5.74) is -0.337. The summed E-state index contributed by atoms with van der Waals surface area (Å²) in [5, 5.41) is 1.91. The Morgan fingerprint density at radius 3 is 2.79 bits per heavy atom. The van der Waals surface area contributed by atoms with Gasteiger partial charge in [-0.05, 0) is 18.2 Å². The van der Waals surface area contributed by atoms with E-state index >= 15 is 0 Å². The number of alkyl halides is 2. The van der Waals surface area contributed by atoms with E-state index in [0.717, 1.165) is 12.1 Å². The molecule has 0 aromatic heterocycles. The topological polar surface area (TPSA) is 47.6 Å². The Morgan fingerprint density at radius 1 is 1.47 bits per heavy atom. The van der Waals surface area contributed by atoms with Crippen molar-refractivity contribution in [3.8, 4) is 5.75 Å². The number of hydrogen-bond acceptors (Lipinski definition) is 3. The van der Waals surface area contributed by atoms with Gasteiger partial charge in [0.2, 0.25) is 0 Å². The lowest BCUT2D eigenvalue weighted by molar-refractivity contribution is -0.105. The second-order valence-electron chi connectivity index (χ2n) is 3.80. The minimum absolute atomic E-state index is 0. The molecule has 1 aliphatic rings. The molecular formula is C11H11ClF3NO3. The highest BCUT2D eigenvalue weighted by Gasteiger charge is 2.47. The molecule has 1 aliphatic heterocycles. The molecule has 0 saturated carbocycles. The van der Waals surface area contributed by atoms with Crippen LogP contribution >= 0.6 is 12.4 Å². The van der Waals surface area contributed by atoms with Gasteiger partial charge in [0.25, 0.3) is 0 Å². The maximum absolute atomic E-state index is 13.6. The maximum Gasteiger partial charge on any atom is 0.408 e. The summed E-state index contributed by atoms with van der Waals surface area (Å²) in [6.45, 7) is -1.08. The first kappa shape index (κ1) is 15.4. The molecule has 0 aliphatic carbocycles. The Hall–Kier alpha value is -1.63. The van der Waals surface area contributed by atoms with Crippen LogP contribution in [0.15, 0.2) is 18.2 Å². The first-order valence-electron chi connectivity index (χ1n) is 5.08. The second-order valence-corrected chi connectivity index (χ2v) is 3.80. The van der Waals surface area contributed by atoms with E-state index in [4.69, 9.17) is 4.74 Å². The van der Waals surface area contributed by atoms with Gasteiger partial charge in [0.05, 0.1) is 7.11 Å². The lowest BCUT2D eigenvalue weighted by Gasteiger charge is -2.32. The van der Waals surface area contributed by atoms with Crippen molar-refractivity contribution in [2.75, 3.05) is 13.7 Å². The normalized spacial score (nSPS) is 20.8. The standard InChI is InChI=1S/C11H10F3NO3.ClH/c1-17-6-2-3-8(12)7(4-6)9-11(13,14)5-18-10(16)15-9;/h2-4,9H,5H2,1H3,(H,15,16);1H/t9-;/m1./s1. The fraction of sp³-hybridized carbons (Fsp3) is 0.364. The molecule has 19 heavy (non-hydrogen) atoms. The summed E-state index contributed by atoms with van der Waals surface area (Å²) in [4.78, 5) is 11.0. The summed E-state index contributed by atoms with van der Waals surface area (Å²) in [5.74, 6) is -4.01. The number of carbonyl (C=O) groups is 1. The summed E-state index contributed by atoms with van der Waals surface area (Å²) < 4.78 is 49.8. The van der Waals surface area contributed by atoms with Crippen LogP contribution in [0.3, 0.4) is 0 Å². The van der Waals surface area contributed by atoms with E-state index in [0.29, 0.717) is 0 Å². The molecule has 106 valence electrons. The van der Waals surface area contributed by atoms with Crippen molar-refractivity contribution in [2.24, 2.45) is 0 Å². The molecule has 4 nitrogen and oxygen atoms in total. The van der Waals surface area contributed by atoms with Gasteiger partial charge in [-0.25, -0.2) is 18.0 Å². The van der Waals surface area contributed by atoms with Crippen molar-refractivity contribution in [1.82, 2.24) is 5.32 Å². The molecule has 1 heterocycles. The number of cyclic esters (lactones) is 1. The molecule has 2 rings (SSSR count). The van der Waals surface area contributed by atoms with E-state index < -0.39 is 30.5 Å². The highest BCUT2D eigenvalue weighted by Crippen LogP contribution is 2.36. The predicted molar refractivity (Wildman–Crippen MR) is 62.4 cm³/mol. The van der Waals surface area contributed by atoms with Gasteiger partial charge in [-0.15, -0.1) is 12.4 Å². The van der Waals surface area contributed by atoms with E-state index in [2.05, 4.69) is 4.74 Å². The molecule has 1 atom stereocenters. The summed E-state index contributed by atoms with van der Waals surface area (Å²) in [6.07, 6.45) is -1.01. The third kappa shape index (κ3) is 3.04. The molecule has 1 N–H and O–H groups in total. The number of methoxy groups -OCH3 is 1. The number of amides is 1. The summed E-state index contributed by atoms with van der Waals surface area (Å²) in [7, 11) is 1.33. The minimum atomic E-state index is -3.39. The second kappa shape index (κ2) is 5.56. The summed E-state index contributed by atoms with van der Waals surface area (Å²) in [6, 6.07) is 1.66. The monoisotopic (exact) mass is 297 g/mol. The van der Waals surface area contributed by atoms with Crippen molar-refractivity contribution in [3.05, 3.63) is 29.6 Å². The quantitative estimate of drug-likeness (QED) is 0.913. The van der Waals surface area contributed by atoms with Gasteiger partial charge >= 0.3 is 12.0 Å². The van der Waals surface area contributed by atoms with Crippen molar-refractivity contribution in [3.63, 3.8) is 0 Å². The molecule has 0 radical (unpaired) electrons. The van der Waals surface area contributed by atoms with Crippen LogP contribution in [0.2, 0.25) is 0 Å². The minimum Gasteiger partial charge on any atom is -0.497 e. The van der Waals surface area contributed by atoms with Crippen molar-refractivity contribution in [1.29, 1.82) is 0 Å². The van der Waals surface area contributed by atoms with Gasteiger partial charge < -0.3 is 14.8 Å². The van der Waals surface area contributed by atoms with Crippen LogP contribution in [0.4, 0.5) is 18.0 Å². The average Bonchev–Trinajstić information content (AvgIpc) is 2.33. The van der Waals surface area contributed by atoms with E-state index in [-0.39, 0.29) is 23.7 Å². The zero-order chi connectivity index (χ0) is 13.3. The van der Waals surface area contributed by atoms with Gasteiger partial charge in [-0.2, -0.15) is 0 Å². The number of halogens is 4. The van der Waals surface area contributed by atoms with E-state index in [1.54, 1.807) is 0 Å². The Labute approximate surface area is 113 Å². The van der Waals surface area contributed by atoms with Crippen LogP contribution in [0.5, 0.6) is 5.75 Å². The SMILES string of the molecule is COc1ccc(F)c([C@H]2NC(=O)OCC2(F)F)c1.Cl. The van der Waals surface area contributed by atoms with Crippen LogP contribution in [0.25, 0.3) is 0 Å². The lowest BCUT2D eigenvalue weighted by atomic mass is 9.99. The zero-order valence-electron chi connectivity index (χ0n) is 9.78. The number of alkyl carbamates (subject to hydrolysis) is 1. The van der Waals surface area contributed by atoms with Gasteiger partial charge in [0, 0.05) is 5.56 Å². The van der Waals surface area contributed by atoms with Gasteiger partial charge in [-0.3, -0.25) is 0 Å². The average molecular weight is 298 g/mol. The third-order valence-electron chi connectivity index (χ3n) is 2.59. The van der Waals surface area contributed by atoms with Crippen LogP contribution in [-0.2, 0) is 4.74 Å². The molecular weight excluding hydrogens is 287 g/mol. The van der Waals surface area contributed by atoms with Crippen LogP contribution in [0.1, 0.15) is 11.6 Å². The Balaban J connectivity index is 0.00000180. The summed E-state index contributed by atoms with van der Waals surface area (Å²) >= 11 is 0. The van der Waals surface area contributed by atoms with Gasteiger partial charge in [-0.1, -0.05) is 0 Å². The van der Waals surface area contributed by atoms with Crippen LogP contribution in [0, 0.1) is 5.82 Å². The highest BCUT2D eigenvalue weighted by molar-refractivity contribution is 5.85. The predicted octanol–water partition coefficient (Wildman–Crippen LogP) is 2.67. The molecule has 0 unspecified atom stereocenters. The Morgan fingerprint density at radius 2 is 2.16 bits per heavy atom. The number of nitrogens with one attached hydrogen (secondary N) is 1. The third-order valence-corrected chi connectivity index (χ3v) is 2.59. The first-order valence-corrected chi connectivity index (χ1v) is 5.08. The first-order chi connectivity index (χ1) is 8.44. The molecule has 0 bridgehead atoms. The smallest absolute Gasteiger partial charge is 0.408 e. The Kier molecular flexibility index (Phi) is 4.52. The van der Waals surface area contributed by atoms with Crippen molar-refractivity contribution in [2.45, 2.75) is 12.0 Å². The molecule has 1 aromatic rings. The number of hydrogen-bond donors (Lipinski definition) is 1. The largest absolute Gasteiger partial charge is 0.497 e. The van der Waals surface area contributed by atoms with Crippen LogP contribution < -0.4 is 10.1 Å². The molecule has 1 amide bonds.